The van der Waals surface area contributed by atoms with Crippen molar-refractivity contribution in [2.75, 3.05) is 44.3 Å². The average molecular weight is 825 g/mol. The van der Waals surface area contributed by atoms with E-state index in [4.69, 9.17) is 38.4 Å². The molecule has 56 heavy (non-hydrogen) atoms. The molecule has 5 heterocycles. The maximum absolute atomic E-state index is 14.1. The topological polar surface area (TPSA) is 162 Å². The zero-order valence-electron chi connectivity index (χ0n) is 30.5. The highest BCUT2D eigenvalue weighted by Gasteiger charge is 2.45. The standard InChI is InChI=1S/C39H40Cl2FN7O6S/c1-22(33-27(40)6-7-28(42)35(33)41)55-30-18-23(19-44-36(30)43)24-20-45-48(21-24)25-10-13-47(14-11-25)12-3-15-54-16-17-56-31-5-2-4-26-34(31)39(53)49(38(26)52)29-8-9-32(50)46-37(29)51/h2,4-7,18-22,25,29H,3,8-17H2,1H3,(H2,43,44)(H,46,50,51)/t22-,29?/m1/s1. The molecule has 3 N–H and O–H groups in total. The maximum Gasteiger partial charge on any atom is 0.263 e. The van der Waals surface area contributed by atoms with E-state index in [9.17, 15) is 23.6 Å². The first-order valence-corrected chi connectivity index (χ1v) is 20.1. The number of nitrogen functional groups attached to an aromatic ring is 1. The molecule has 0 spiro atoms. The summed E-state index contributed by atoms with van der Waals surface area (Å²) in [5, 5.41) is 7.06. The SMILES string of the molecule is C[C@@H](Oc1cc(-c2cnn(C3CCN(CCCOCCSc4cccc5c4C(=O)N(C4CCC(=O)NC4=O)C5=O)CC3)c2)cnc1N)c1c(Cl)ccc(F)c1Cl. The van der Waals surface area contributed by atoms with Crippen molar-refractivity contribution in [1.29, 1.82) is 0 Å². The number of pyridine rings is 1. The van der Waals surface area contributed by atoms with Crippen molar-refractivity contribution in [2.45, 2.75) is 62.1 Å². The van der Waals surface area contributed by atoms with Crippen molar-refractivity contribution in [3.63, 3.8) is 0 Å². The Morgan fingerprint density at radius 1 is 1.04 bits per heavy atom. The summed E-state index contributed by atoms with van der Waals surface area (Å²) < 4.78 is 28.1. The number of carbonyl (C=O) groups is 4. The molecule has 294 valence electrons. The number of hydrogen-bond acceptors (Lipinski definition) is 11. The number of nitrogens with zero attached hydrogens (tertiary/aromatic N) is 5. The van der Waals surface area contributed by atoms with Crippen LogP contribution in [0.2, 0.25) is 10.0 Å². The number of hydrogen-bond donors (Lipinski definition) is 2. The van der Waals surface area contributed by atoms with Gasteiger partial charge in [0.1, 0.15) is 18.0 Å². The number of anilines is 1. The lowest BCUT2D eigenvalue weighted by Crippen LogP contribution is -2.54. The fourth-order valence-corrected chi connectivity index (χ4v) is 8.89. The van der Waals surface area contributed by atoms with Gasteiger partial charge in [-0.15, -0.1) is 11.8 Å². The number of thioether (sulfide) groups is 1. The number of aromatic nitrogens is 3. The maximum atomic E-state index is 14.1. The summed E-state index contributed by atoms with van der Waals surface area (Å²) in [6.07, 6.45) is 7.73. The molecule has 2 aromatic heterocycles. The van der Waals surface area contributed by atoms with Crippen LogP contribution < -0.4 is 15.8 Å². The molecule has 4 amide bonds. The minimum atomic E-state index is -0.993. The number of benzene rings is 2. The highest BCUT2D eigenvalue weighted by atomic mass is 35.5. The van der Waals surface area contributed by atoms with E-state index in [-0.39, 0.29) is 40.3 Å². The summed E-state index contributed by atoms with van der Waals surface area (Å²) in [5.74, 6) is -1.55. The summed E-state index contributed by atoms with van der Waals surface area (Å²) in [6.45, 7) is 5.56. The van der Waals surface area contributed by atoms with Crippen LogP contribution in [-0.2, 0) is 14.3 Å². The van der Waals surface area contributed by atoms with Crippen molar-refractivity contribution in [3.8, 4) is 16.9 Å². The fourth-order valence-electron chi connectivity index (χ4n) is 7.27. The summed E-state index contributed by atoms with van der Waals surface area (Å²) in [7, 11) is 0. The van der Waals surface area contributed by atoms with Gasteiger partial charge in [0.05, 0.1) is 35.0 Å². The molecule has 4 aromatic rings. The van der Waals surface area contributed by atoms with Crippen molar-refractivity contribution in [1.82, 2.24) is 29.9 Å². The molecule has 7 rings (SSSR count). The van der Waals surface area contributed by atoms with Crippen LogP contribution >= 0.6 is 35.0 Å². The smallest absolute Gasteiger partial charge is 0.263 e. The molecular weight excluding hydrogens is 784 g/mol. The monoisotopic (exact) mass is 823 g/mol. The fraction of sp³-hybridized carbons (Fsp3) is 0.385. The molecule has 0 radical (unpaired) electrons. The van der Waals surface area contributed by atoms with Crippen molar-refractivity contribution >= 4 is 64.4 Å². The van der Waals surface area contributed by atoms with Gasteiger partial charge >= 0.3 is 0 Å². The Balaban J connectivity index is 0.833. The Labute approximate surface area is 337 Å². The third-order valence-corrected chi connectivity index (χ3v) is 12.0. The van der Waals surface area contributed by atoms with E-state index in [0.29, 0.717) is 40.7 Å². The number of piperidine rings is 2. The highest BCUT2D eigenvalue weighted by Crippen LogP contribution is 2.38. The highest BCUT2D eigenvalue weighted by molar-refractivity contribution is 7.99. The minimum Gasteiger partial charge on any atom is -0.482 e. The zero-order chi connectivity index (χ0) is 39.5. The van der Waals surface area contributed by atoms with Crippen molar-refractivity contribution in [2.24, 2.45) is 0 Å². The Bertz CT molecular complexity index is 2160. The van der Waals surface area contributed by atoms with Crippen LogP contribution in [0, 0.1) is 5.82 Å². The second-order valence-corrected chi connectivity index (χ2v) is 15.8. The van der Waals surface area contributed by atoms with Crippen LogP contribution in [0.1, 0.15) is 77.5 Å². The lowest BCUT2D eigenvalue weighted by molar-refractivity contribution is -0.136. The van der Waals surface area contributed by atoms with Gasteiger partial charge in [-0.25, -0.2) is 9.37 Å². The Kier molecular flexibility index (Phi) is 12.3. The van der Waals surface area contributed by atoms with Crippen LogP contribution in [0.5, 0.6) is 5.75 Å². The second kappa shape index (κ2) is 17.3. The van der Waals surface area contributed by atoms with E-state index in [2.05, 4.69) is 20.3 Å². The second-order valence-electron chi connectivity index (χ2n) is 13.8. The lowest BCUT2D eigenvalue weighted by Gasteiger charge is -2.32. The van der Waals surface area contributed by atoms with Gasteiger partial charge in [0.15, 0.2) is 11.6 Å². The first-order chi connectivity index (χ1) is 27.0. The number of halogens is 3. The molecule has 2 atom stereocenters. The van der Waals surface area contributed by atoms with Crippen molar-refractivity contribution < 1.29 is 33.0 Å². The Morgan fingerprint density at radius 3 is 2.62 bits per heavy atom. The Hall–Kier alpha value is -4.54. The molecular formula is C39H40Cl2FN7O6S. The number of fused-ring (bicyclic) bond motifs is 1. The van der Waals surface area contributed by atoms with Gasteiger partial charge in [-0.1, -0.05) is 29.3 Å². The van der Waals surface area contributed by atoms with E-state index >= 15 is 0 Å². The summed E-state index contributed by atoms with van der Waals surface area (Å²) in [5.41, 5.74) is 8.66. The van der Waals surface area contributed by atoms with E-state index < -0.39 is 41.6 Å². The molecule has 0 saturated carbocycles. The average Bonchev–Trinajstić information content (AvgIpc) is 3.77. The predicted molar refractivity (Wildman–Crippen MR) is 209 cm³/mol. The minimum absolute atomic E-state index is 0.0761. The van der Waals surface area contributed by atoms with Gasteiger partial charge in [-0.2, -0.15) is 5.10 Å². The summed E-state index contributed by atoms with van der Waals surface area (Å²) in [4.78, 5) is 58.8. The van der Waals surface area contributed by atoms with E-state index in [1.807, 2.05) is 10.9 Å². The number of nitrogens with one attached hydrogen (secondary N) is 1. The van der Waals surface area contributed by atoms with Crippen LogP contribution in [0.15, 0.2) is 59.9 Å². The third kappa shape index (κ3) is 8.42. The number of rotatable bonds is 14. The first-order valence-electron chi connectivity index (χ1n) is 18.4. The van der Waals surface area contributed by atoms with Gasteiger partial charge in [-0.05, 0) is 62.9 Å². The molecule has 0 bridgehead atoms. The number of carbonyl (C=O) groups excluding carboxylic acids is 4. The number of nitrogens with two attached hydrogens (primary N) is 1. The molecule has 0 aliphatic carbocycles. The normalized spacial score (nSPS) is 18.4. The van der Waals surface area contributed by atoms with E-state index in [0.717, 1.165) is 54.9 Å². The number of ether oxygens (including phenoxy) is 2. The third-order valence-electron chi connectivity index (χ3n) is 10.2. The first kappa shape index (κ1) is 39.7. The number of likely N-dealkylation sites (tertiary alicyclic amines) is 1. The summed E-state index contributed by atoms with van der Waals surface area (Å²) in [6, 6.07) is 8.79. The van der Waals surface area contributed by atoms with Gasteiger partial charge in [-0.3, -0.25) is 34.1 Å². The van der Waals surface area contributed by atoms with Crippen LogP contribution in [0.25, 0.3) is 11.1 Å². The van der Waals surface area contributed by atoms with Gasteiger partial charge < -0.3 is 20.1 Å². The molecule has 1 unspecified atom stereocenters. The predicted octanol–water partition coefficient (Wildman–Crippen LogP) is 6.35. The van der Waals surface area contributed by atoms with Crippen LogP contribution in [0.3, 0.4) is 0 Å². The number of imide groups is 2. The molecule has 2 aromatic carbocycles. The van der Waals surface area contributed by atoms with Gasteiger partial charge in [0, 0.05) is 77.4 Å². The summed E-state index contributed by atoms with van der Waals surface area (Å²) >= 11 is 13.9. The van der Waals surface area contributed by atoms with Gasteiger partial charge in [0.25, 0.3) is 11.8 Å². The molecule has 3 aliphatic rings. The van der Waals surface area contributed by atoms with Crippen LogP contribution in [0.4, 0.5) is 10.2 Å². The molecule has 17 heteroatoms. The van der Waals surface area contributed by atoms with Crippen LogP contribution in [-0.4, -0.2) is 92.8 Å². The van der Waals surface area contributed by atoms with Crippen molar-refractivity contribution in [3.05, 3.63) is 87.5 Å². The largest absolute Gasteiger partial charge is 0.482 e. The number of amides is 4. The quantitative estimate of drug-likeness (QED) is 0.0631. The van der Waals surface area contributed by atoms with Gasteiger partial charge in [0.2, 0.25) is 11.8 Å². The lowest BCUT2D eigenvalue weighted by atomic mass is 10.0. The zero-order valence-corrected chi connectivity index (χ0v) is 32.8. The molecule has 2 fully saturated rings. The van der Waals surface area contributed by atoms with E-state index in [1.165, 1.54) is 23.9 Å². The Morgan fingerprint density at radius 2 is 1.84 bits per heavy atom. The molecule has 13 nitrogen and oxygen atoms in total. The molecule has 3 aliphatic heterocycles. The van der Waals surface area contributed by atoms with E-state index in [1.54, 1.807) is 43.6 Å². The molecule has 2 saturated heterocycles.